The molecule has 1 fully saturated rings. The van der Waals surface area contributed by atoms with Crippen LogP contribution in [0.1, 0.15) is 24.0 Å². The minimum atomic E-state index is -3.61. The van der Waals surface area contributed by atoms with Crippen molar-refractivity contribution in [3.05, 3.63) is 46.8 Å². The average molecular weight is 364 g/mol. The Balaban J connectivity index is 1.83. The van der Waals surface area contributed by atoms with Gasteiger partial charge in [-0.2, -0.15) is 4.31 Å². The molecular formula is C17H20N2O3S2. The molecule has 0 spiro atoms. The van der Waals surface area contributed by atoms with Crippen molar-refractivity contribution >= 4 is 33.0 Å². The molecule has 1 aliphatic rings. The lowest BCUT2D eigenvalue weighted by molar-refractivity contribution is -0.119. The van der Waals surface area contributed by atoms with Crippen LogP contribution >= 0.6 is 11.3 Å². The molecule has 0 unspecified atom stereocenters. The van der Waals surface area contributed by atoms with Gasteiger partial charge in [-0.15, -0.1) is 11.3 Å². The third-order valence-electron chi connectivity index (χ3n) is 4.22. The van der Waals surface area contributed by atoms with Gasteiger partial charge in [0.2, 0.25) is 5.91 Å². The molecule has 1 aliphatic heterocycles. The van der Waals surface area contributed by atoms with Gasteiger partial charge >= 0.3 is 0 Å². The Morgan fingerprint density at radius 1 is 1.29 bits per heavy atom. The fourth-order valence-electron chi connectivity index (χ4n) is 2.90. The molecule has 7 heteroatoms. The molecule has 1 aromatic carbocycles. The zero-order valence-corrected chi connectivity index (χ0v) is 15.3. The molecule has 1 amide bonds. The summed E-state index contributed by atoms with van der Waals surface area (Å²) in [5, 5.41) is 4.63. The molecule has 0 bridgehead atoms. The number of benzene rings is 1. The first-order chi connectivity index (χ1) is 11.4. The Morgan fingerprint density at radius 2 is 2.08 bits per heavy atom. The summed E-state index contributed by atoms with van der Waals surface area (Å²) in [6.45, 7) is 4.26. The van der Waals surface area contributed by atoms with Gasteiger partial charge < -0.3 is 5.32 Å². The van der Waals surface area contributed by atoms with Crippen LogP contribution in [-0.2, 0) is 14.8 Å². The maximum atomic E-state index is 12.7. The fraction of sp³-hybridized carbons (Fsp3) is 0.353. The standard InChI is InChI=1S/C17H20N2O3S2/c1-12-7-8-13(2)14(11-12)18-17(20)15-5-3-9-19(15)24(21,22)16-6-4-10-23-16/h4,6-8,10-11,15H,3,5,9H2,1-2H3,(H,18,20)/t15-/m1/s1. The van der Waals surface area contributed by atoms with E-state index in [1.165, 1.54) is 15.6 Å². The molecule has 1 saturated heterocycles. The van der Waals surface area contributed by atoms with Crippen molar-refractivity contribution in [1.82, 2.24) is 4.31 Å². The number of carbonyl (C=O) groups is 1. The van der Waals surface area contributed by atoms with Crippen molar-refractivity contribution in [1.29, 1.82) is 0 Å². The third-order valence-corrected chi connectivity index (χ3v) is 7.50. The van der Waals surface area contributed by atoms with Crippen molar-refractivity contribution in [2.75, 3.05) is 11.9 Å². The zero-order chi connectivity index (χ0) is 17.3. The van der Waals surface area contributed by atoms with E-state index in [-0.39, 0.29) is 10.1 Å². The van der Waals surface area contributed by atoms with E-state index in [4.69, 9.17) is 0 Å². The first kappa shape index (κ1) is 17.1. The molecule has 2 aromatic rings. The van der Waals surface area contributed by atoms with E-state index in [1.807, 2.05) is 32.0 Å². The molecule has 0 radical (unpaired) electrons. The minimum absolute atomic E-state index is 0.263. The maximum absolute atomic E-state index is 12.7. The normalized spacial score (nSPS) is 18.7. The summed E-state index contributed by atoms with van der Waals surface area (Å²) in [5.41, 5.74) is 2.74. The Bertz CT molecular complexity index is 845. The quantitative estimate of drug-likeness (QED) is 0.906. The highest BCUT2D eigenvalue weighted by Crippen LogP contribution is 2.29. The Labute approximate surface area is 146 Å². The molecule has 1 atom stereocenters. The monoisotopic (exact) mass is 364 g/mol. The number of anilines is 1. The van der Waals surface area contributed by atoms with Gasteiger partial charge in [0.05, 0.1) is 0 Å². The Morgan fingerprint density at radius 3 is 2.79 bits per heavy atom. The number of hydrogen-bond acceptors (Lipinski definition) is 4. The lowest BCUT2D eigenvalue weighted by Gasteiger charge is -2.23. The SMILES string of the molecule is Cc1ccc(C)c(NC(=O)[C@H]2CCCN2S(=O)(=O)c2cccs2)c1. The van der Waals surface area contributed by atoms with Crippen LogP contribution in [0.2, 0.25) is 0 Å². The average Bonchev–Trinajstić information content (AvgIpc) is 3.21. The van der Waals surface area contributed by atoms with Crippen LogP contribution in [0, 0.1) is 13.8 Å². The third kappa shape index (κ3) is 3.24. The molecule has 2 heterocycles. The number of aryl methyl sites for hydroxylation is 2. The number of nitrogens with zero attached hydrogens (tertiary/aromatic N) is 1. The van der Waals surface area contributed by atoms with Gasteiger partial charge in [-0.1, -0.05) is 18.2 Å². The summed E-state index contributed by atoms with van der Waals surface area (Å²) >= 11 is 1.18. The minimum Gasteiger partial charge on any atom is -0.324 e. The van der Waals surface area contributed by atoms with Crippen LogP contribution in [0.4, 0.5) is 5.69 Å². The summed E-state index contributed by atoms with van der Waals surface area (Å²) in [5.74, 6) is -0.263. The highest BCUT2D eigenvalue weighted by molar-refractivity contribution is 7.91. The highest BCUT2D eigenvalue weighted by atomic mass is 32.2. The molecule has 128 valence electrons. The van der Waals surface area contributed by atoms with Crippen LogP contribution in [-0.4, -0.2) is 31.2 Å². The zero-order valence-electron chi connectivity index (χ0n) is 13.7. The number of nitrogens with one attached hydrogen (secondary N) is 1. The van der Waals surface area contributed by atoms with Gasteiger partial charge in [-0.3, -0.25) is 4.79 Å². The van der Waals surface area contributed by atoms with Gasteiger partial charge in [0.1, 0.15) is 10.3 Å². The van der Waals surface area contributed by atoms with Crippen LogP contribution < -0.4 is 5.32 Å². The van der Waals surface area contributed by atoms with E-state index in [0.29, 0.717) is 19.4 Å². The molecule has 24 heavy (non-hydrogen) atoms. The van der Waals surface area contributed by atoms with Crippen LogP contribution in [0.25, 0.3) is 0 Å². The summed E-state index contributed by atoms with van der Waals surface area (Å²) in [4.78, 5) is 12.7. The second-order valence-electron chi connectivity index (χ2n) is 6.01. The van der Waals surface area contributed by atoms with Gasteiger partial charge in [-0.05, 0) is 55.3 Å². The Kier molecular flexibility index (Phi) is 4.76. The first-order valence-corrected chi connectivity index (χ1v) is 10.1. The molecule has 1 N–H and O–H groups in total. The number of amides is 1. The van der Waals surface area contributed by atoms with Crippen LogP contribution in [0.5, 0.6) is 0 Å². The lowest BCUT2D eigenvalue weighted by Crippen LogP contribution is -2.42. The second-order valence-corrected chi connectivity index (χ2v) is 9.08. The number of hydrogen-bond donors (Lipinski definition) is 1. The van der Waals surface area contributed by atoms with Crippen molar-refractivity contribution in [3.63, 3.8) is 0 Å². The lowest BCUT2D eigenvalue weighted by atomic mass is 10.1. The summed E-state index contributed by atoms with van der Waals surface area (Å²) in [7, 11) is -3.61. The van der Waals surface area contributed by atoms with Crippen molar-refractivity contribution in [2.45, 2.75) is 36.9 Å². The molecule has 5 nitrogen and oxygen atoms in total. The van der Waals surface area contributed by atoms with Crippen LogP contribution in [0.3, 0.4) is 0 Å². The van der Waals surface area contributed by atoms with Gasteiger partial charge in [0.15, 0.2) is 0 Å². The van der Waals surface area contributed by atoms with Crippen LogP contribution in [0.15, 0.2) is 39.9 Å². The number of sulfonamides is 1. The van der Waals surface area contributed by atoms with E-state index in [2.05, 4.69) is 5.32 Å². The first-order valence-electron chi connectivity index (χ1n) is 7.83. The highest BCUT2D eigenvalue weighted by Gasteiger charge is 2.39. The molecular weight excluding hydrogens is 344 g/mol. The van der Waals surface area contributed by atoms with Gasteiger partial charge in [-0.25, -0.2) is 8.42 Å². The summed E-state index contributed by atoms with van der Waals surface area (Å²) in [6.07, 6.45) is 1.23. The second kappa shape index (κ2) is 6.66. The van der Waals surface area contributed by atoms with E-state index < -0.39 is 16.1 Å². The predicted molar refractivity (Wildman–Crippen MR) is 95.8 cm³/mol. The molecule has 1 aromatic heterocycles. The fourth-order valence-corrected chi connectivity index (χ4v) is 5.68. The van der Waals surface area contributed by atoms with Crippen molar-refractivity contribution in [2.24, 2.45) is 0 Å². The number of carbonyl (C=O) groups excluding carboxylic acids is 1. The molecule has 3 rings (SSSR count). The van der Waals surface area contributed by atoms with E-state index in [0.717, 1.165) is 16.8 Å². The van der Waals surface area contributed by atoms with Crippen molar-refractivity contribution < 1.29 is 13.2 Å². The topological polar surface area (TPSA) is 66.5 Å². The largest absolute Gasteiger partial charge is 0.324 e. The van der Waals surface area contributed by atoms with E-state index in [1.54, 1.807) is 17.5 Å². The molecule has 0 saturated carbocycles. The van der Waals surface area contributed by atoms with E-state index >= 15 is 0 Å². The van der Waals surface area contributed by atoms with Crippen molar-refractivity contribution in [3.8, 4) is 0 Å². The summed E-state index contributed by atoms with van der Waals surface area (Å²) in [6, 6.07) is 8.46. The predicted octanol–water partition coefficient (Wildman–Crippen LogP) is 3.16. The van der Waals surface area contributed by atoms with Gasteiger partial charge in [0.25, 0.3) is 10.0 Å². The maximum Gasteiger partial charge on any atom is 0.253 e. The summed E-state index contributed by atoms with van der Waals surface area (Å²) < 4.78 is 27.1. The Hall–Kier alpha value is -1.70. The number of thiophene rings is 1. The van der Waals surface area contributed by atoms with E-state index in [9.17, 15) is 13.2 Å². The smallest absolute Gasteiger partial charge is 0.253 e. The van der Waals surface area contributed by atoms with Gasteiger partial charge in [0, 0.05) is 12.2 Å². The molecule has 0 aliphatic carbocycles. The number of rotatable bonds is 4.